The number of benzene rings is 1. The van der Waals surface area contributed by atoms with Gasteiger partial charge >= 0.3 is 0 Å². The first-order valence-electron chi connectivity index (χ1n) is 5.27. The summed E-state index contributed by atoms with van der Waals surface area (Å²) in [6.07, 6.45) is 0. The van der Waals surface area contributed by atoms with Crippen LogP contribution in [0.25, 0.3) is 0 Å². The van der Waals surface area contributed by atoms with Crippen molar-refractivity contribution in [1.29, 1.82) is 0 Å². The monoisotopic (exact) mass is 259 g/mol. The van der Waals surface area contributed by atoms with Gasteiger partial charge in [-0.3, -0.25) is 0 Å². The lowest BCUT2D eigenvalue weighted by Crippen LogP contribution is -2.50. The van der Waals surface area contributed by atoms with Crippen molar-refractivity contribution in [3.05, 3.63) is 24.0 Å². The van der Waals surface area contributed by atoms with Crippen LogP contribution in [0.5, 0.6) is 0 Å². The number of hydrogen-bond donors (Lipinski definition) is 1. The Morgan fingerprint density at radius 1 is 1.47 bits per heavy atom. The van der Waals surface area contributed by atoms with Crippen molar-refractivity contribution in [2.24, 2.45) is 0 Å². The van der Waals surface area contributed by atoms with Crippen LogP contribution < -0.4 is 4.90 Å². The lowest BCUT2D eigenvalue weighted by atomic mass is 10.1. The molecule has 2 atom stereocenters. The lowest BCUT2D eigenvalue weighted by molar-refractivity contribution is 0.276. The minimum atomic E-state index is -3.67. The number of anilines is 1. The Hall–Kier alpha value is -1.14. The van der Waals surface area contributed by atoms with Gasteiger partial charge in [-0.25, -0.2) is 12.8 Å². The van der Waals surface area contributed by atoms with E-state index in [2.05, 4.69) is 0 Å². The predicted octanol–water partition coefficient (Wildman–Crippen LogP) is 0.799. The summed E-state index contributed by atoms with van der Waals surface area (Å²) in [6.45, 7) is 1.19. The molecule has 1 aromatic rings. The quantitative estimate of drug-likeness (QED) is 0.810. The molecule has 94 valence electrons. The van der Waals surface area contributed by atoms with E-state index in [1.165, 1.54) is 18.2 Å². The van der Waals surface area contributed by atoms with Gasteiger partial charge in [-0.2, -0.15) is 0 Å². The number of halogens is 1. The molecule has 0 saturated carbocycles. The maximum absolute atomic E-state index is 13.7. The summed E-state index contributed by atoms with van der Waals surface area (Å²) in [5, 5.41) is 8.30. The molecule has 1 aliphatic heterocycles. The average molecular weight is 259 g/mol. The molecular formula is C11H14FNO3S. The summed E-state index contributed by atoms with van der Waals surface area (Å²) < 4.78 is 38.1. The minimum Gasteiger partial charge on any atom is -0.395 e. The number of sulfone groups is 1. The highest BCUT2D eigenvalue weighted by atomic mass is 32.2. The molecule has 0 aliphatic carbocycles. The zero-order valence-electron chi connectivity index (χ0n) is 9.59. The number of hydrogen-bond acceptors (Lipinski definition) is 4. The molecule has 4 nitrogen and oxygen atoms in total. The molecule has 0 radical (unpaired) electrons. The van der Waals surface area contributed by atoms with Crippen molar-refractivity contribution in [3.8, 4) is 0 Å². The van der Waals surface area contributed by atoms with E-state index < -0.39 is 33.6 Å². The number of aliphatic hydroxyl groups is 1. The van der Waals surface area contributed by atoms with Crippen LogP contribution >= 0.6 is 0 Å². The molecule has 0 bridgehead atoms. The molecule has 2 rings (SSSR count). The number of rotatable bonds is 1. The van der Waals surface area contributed by atoms with Gasteiger partial charge in [0.05, 0.1) is 17.2 Å². The van der Waals surface area contributed by atoms with E-state index in [9.17, 15) is 17.9 Å². The first-order chi connectivity index (χ1) is 7.91. The minimum absolute atomic E-state index is 0.0443. The summed E-state index contributed by atoms with van der Waals surface area (Å²) in [4.78, 5) is 1.52. The van der Waals surface area contributed by atoms with E-state index in [0.29, 0.717) is 0 Å². The largest absolute Gasteiger partial charge is 0.395 e. The molecule has 1 aliphatic rings. The Bertz CT molecular complexity index is 544. The zero-order chi connectivity index (χ0) is 12.8. The third-order valence-corrected chi connectivity index (χ3v) is 5.62. The normalized spacial score (nSPS) is 26.7. The van der Waals surface area contributed by atoms with Gasteiger partial charge in [0.1, 0.15) is 11.1 Å². The fourth-order valence-corrected chi connectivity index (χ4v) is 4.20. The van der Waals surface area contributed by atoms with Crippen molar-refractivity contribution in [1.82, 2.24) is 0 Å². The third-order valence-electron chi connectivity index (χ3n) is 3.34. The average Bonchev–Trinajstić information content (AvgIpc) is 2.26. The van der Waals surface area contributed by atoms with Crippen LogP contribution in [-0.4, -0.2) is 38.5 Å². The lowest BCUT2D eigenvalue weighted by Gasteiger charge is -2.38. The SMILES string of the molecule is CC1C(CO)S(=O)(=O)c2cccc(F)c2N1C. The van der Waals surface area contributed by atoms with Crippen LogP contribution in [0.15, 0.2) is 23.1 Å². The van der Waals surface area contributed by atoms with E-state index >= 15 is 0 Å². The van der Waals surface area contributed by atoms with Crippen LogP contribution in [0.4, 0.5) is 10.1 Å². The molecule has 0 fully saturated rings. The molecule has 2 unspecified atom stereocenters. The molecule has 1 N–H and O–H groups in total. The predicted molar refractivity (Wildman–Crippen MR) is 62.3 cm³/mol. The Morgan fingerprint density at radius 2 is 2.12 bits per heavy atom. The number of fused-ring (bicyclic) bond motifs is 1. The molecular weight excluding hydrogens is 245 g/mol. The summed E-state index contributed by atoms with van der Waals surface area (Å²) in [5.41, 5.74) is 0.0877. The van der Waals surface area contributed by atoms with Crippen molar-refractivity contribution in [2.45, 2.75) is 23.1 Å². The number of nitrogens with zero attached hydrogens (tertiary/aromatic N) is 1. The van der Waals surface area contributed by atoms with E-state index in [1.54, 1.807) is 18.9 Å². The number of para-hydroxylation sites is 1. The second-order valence-electron chi connectivity index (χ2n) is 4.20. The zero-order valence-corrected chi connectivity index (χ0v) is 10.4. The van der Waals surface area contributed by atoms with Gasteiger partial charge in [0.25, 0.3) is 0 Å². The van der Waals surface area contributed by atoms with Crippen molar-refractivity contribution in [3.63, 3.8) is 0 Å². The standard InChI is InChI=1S/C11H14FNO3S/c1-7-10(6-14)17(15,16)9-5-3-4-8(12)11(9)13(7)2/h3-5,7,10,14H,6H2,1-2H3. The molecule has 1 aromatic carbocycles. The topological polar surface area (TPSA) is 57.6 Å². The first-order valence-corrected chi connectivity index (χ1v) is 6.82. The molecule has 0 spiro atoms. The van der Waals surface area contributed by atoms with E-state index in [0.717, 1.165) is 0 Å². The smallest absolute Gasteiger partial charge is 0.187 e. The van der Waals surface area contributed by atoms with E-state index in [1.807, 2.05) is 0 Å². The first kappa shape index (κ1) is 12.3. The Labute approximate surface area is 99.6 Å². The van der Waals surface area contributed by atoms with E-state index in [-0.39, 0.29) is 10.6 Å². The van der Waals surface area contributed by atoms with Crippen LogP contribution in [-0.2, 0) is 9.84 Å². The van der Waals surface area contributed by atoms with Gasteiger partial charge < -0.3 is 10.0 Å². The highest BCUT2D eigenvalue weighted by Crippen LogP contribution is 2.37. The summed E-state index contributed by atoms with van der Waals surface area (Å²) in [7, 11) is -2.04. The van der Waals surface area contributed by atoms with Crippen LogP contribution in [0, 0.1) is 5.82 Å². The molecule has 0 amide bonds. The highest BCUT2D eigenvalue weighted by molar-refractivity contribution is 7.92. The van der Waals surface area contributed by atoms with Gasteiger partial charge in [0, 0.05) is 13.1 Å². The van der Waals surface area contributed by atoms with Crippen molar-refractivity contribution in [2.75, 3.05) is 18.6 Å². The maximum atomic E-state index is 13.7. The summed E-state index contributed by atoms with van der Waals surface area (Å²) in [6, 6.07) is 3.51. The van der Waals surface area contributed by atoms with Gasteiger partial charge in [-0.15, -0.1) is 0 Å². The summed E-state index contributed by atoms with van der Waals surface area (Å²) >= 11 is 0. The fourth-order valence-electron chi connectivity index (χ4n) is 2.19. The van der Waals surface area contributed by atoms with Crippen molar-refractivity contribution < 1.29 is 17.9 Å². The molecule has 17 heavy (non-hydrogen) atoms. The Morgan fingerprint density at radius 3 is 2.71 bits per heavy atom. The fraction of sp³-hybridized carbons (Fsp3) is 0.455. The second kappa shape index (κ2) is 3.96. The number of aliphatic hydroxyl groups excluding tert-OH is 1. The van der Waals surface area contributed by atoms with Crippen molar-refractivity contribution >= 4 is 15.5 Å². The second-order valence-corrected chi connectivity index (χ2v) is 6.34. The van der Waals surface area contributed by atoms with Crippen LogP contribution in [0.3, 0.4) is 0 Å². The molecule has 1 heterocycles. The van der Waals surface area contributed by atoms with Gasteiger partial charge in [0.2, 0.25) is 0 Å². The third kappa shape index (κ3) is 1.63. The Kier molecular flexibility index (Phi) is 2.87. The molecule has 0 saturated heterocycles. The molecule has 6 heteroatoms. The maximum Gasteiger partial charge on any atom is 0.187 e. The van der Waals surface area contributed by atoms with Gasteiger partial charge in [-0.1, -0.05) is 6.07 Å². The Balaban J connectivity index is 2.75. The highest BCUT2D eigenvalue weighted by Gasteiger charge is 2.42. The van der Waals surface area contributed by atoms with Gasteiger partial charge in [-0.05, 0) is 19.1 Å². The van der Waals surface area contributed by atoms with Crippen LogP contribution in [0.1, 0.15) is 6.92 Å². The van der Waals surface area contributed by atoms with Crippen LogP contribution in [0.2, 0.25) is 0 Å². The van der Waals surface area contributed by atoms with E-state index in [4.69, 9.17) is 0 Å². The van der Waals surface area contributed by atoms with Gasteiger partial charge in [0.15, 0.2) is 9.84 Å². The summed E-state index contributed by atoms with van der Waals surface area (Å²) in [5.74, 6) is -0.559. The molecule has 0 aromatic heterocycles.